The van der Waals surface area contributed by atoms with Gasteiger partial charge in [0.1, 0.15) is 11.6 Å². The minimum atomic E-state index is -0.568. The van der Waals surface area contributed by atoms with Crippen LogP contribution in [0, 0.1) is 25.5 Å². The molecule has 140 valence electrons. The number of carbonyl (C=O) groups excluding carboxylic acids is 1. The van der Waals surface area contributed by atoms with E-state index in [9.17, 15) is 13.6 Å². The fourth-order valence-electron chi connectivity index (χ4n) is 3.53. The number of hydrogen-bond acceptors (Lipinski definition) is 3. The Hall–Kier alpha value is -2.28. The summed E-state index contributed by atoms with van der Waals surface area (Å²) in [6, 6.07) is 3.62. The van der Waals surface area contributed by atoms with Gasteiger partial charge in [-0.1, -0.05) is 13.0 Å². The molecule has 2 heterocycles. The number of nitrogens with one attached hydrogen (secondary N) is 1. The molecule has 0 bridgehead atoms. The summed E-state index contributed by atoms with van der Waals surface area (Å²) in [5.74, 6) is -1.16. The summed E-state index contributed by atoms with van der Waals surface area (Å²) in [5, 5.41) is 6.96. The van der Waals surface area contributed by atoms with E-state index in [0.717, 1.165) is 17.3 Å². The first-order valence-corrected chi connectivity index (χ1v) is 8.92. The van der Waals surface area contributed by atoms with Crippen LogP contribution in [0.4, 0.5) is 8.78 Å². The van der Waals surface area contributed by atoms with E-state index in [1.54, 1.807) is 4.90 Å². The quantitative estimate of drug-likeness (QED) is 0.909. The number of rotatable bonds is 4. The van der Waals surface area contributed by atoms with Crippen LogP contribution in [0.15, 0.2) is 18.2 Å². The summed E-state index contributed by atoms with van der Waals surface area (Å²) in [5.41, 5.74) is 2.74. The molecule has 26 heavy (non-hydrogen) atoms. The Morgan fingerprint density at radius 1 is 1.23 bits per heavy atom. The number of aromatic nitrogens is 2. The Kier molecular flexibility index (Phi) is 5.36. The summed E-state index contributed by atoms with van der Waals surface area (Å²) < 4.78 is 27.4. The molecule has 1 aromatic heterocycles. The first kappa shape index (κ1) is 18.5. The van der Waals surface area contributed by atoms with Crippen LogP contribution in [0.1, 0.15) is 46.7 Å². The van der Waals surface area contributed by atoms with Crippen LogP contribution in [0.3, 0.4) is 0 Å². The first-order chi connectivity index (χ1) is 12.4. The highest BCUT2D eigenvalue weighted by Gasteiger charge is 2.29. The van der Waals surface area contributed by atoms with E-state index >= 15 is 0 Å². The van der Waals surface area contributed by atoms with Crippen molar-refractivity contribution in [2.24, 2.45) is 0 Å². The average molecular weight is 362 g/mol. The summed E-state index contributed by atoms with van der Waals surface area (Å²) >= 11 is 0. The molecule has 3 rings (SSSR count). The monoisotopic (exact) mass is 362 g/mol. The van der Waals surface area contributed by atoms with Crippen molar-refractivity contribution < 1.29 is 13.6 Å². The van der Waals surface area contributed by atoms with E-state index in [1.165, 1.54) is 12.1 Å². The molecule has 1 aliphatic heterocycles. The van der Waals surface area contributed by atoms with Gasteiger partial charge >= 0.3 is 0 Å². The largest absolute Gasteiger partial charge is 0.335 e. The van der Waals surface area contributed by atoms with Gasteiger partial charge in [-0.15, -0.1) is 0 Å². The molecule has 1 aromatic carbocycles. The number of halogens is 2. The number of H-pyrrole nitrogens is 1. The summed E-state index contributed by atoms with van der Waals surface area (Å²) in [7, 11) is 0. The lowest BCUT2D eigenvalue weighted by atomic mass is 10.0. The van der Waals surface area contributed by atoms with Crippen LogP contribution >= 0.6 is 0 Å². The highest BCUT2D eigenvalue weighted by molar-refractivity contribution is 5.94. The predicted octanol–water partition coefficient (Wildman–Crippen LogP) is 3.21. The Labute approximate surface area is 152 Å². The molecule has 0 radical (unpaired) electrons. The molecule has 2 aromatic rings. The smallest absolute Gasteiger partial charge is 0.274 e. The van der Waals surface area contributed by atoms with Gasteiger partial charge in [-0.3, -0.25) is 14.8 Å². The van der Waals surface area contributed by atoms with Crippen LogP contribution in [0.5, 0.6) is 0 Å². The Morgan fingerprint density at radius 3 is 2.46 bits per heavy atom. The highest BCUT2D eigenvalue weighted by Crippen LogP contribution is 2.28. The van der Waals surface area contributed by atoms with Gasteiger partial charge in [-0.2, -0.15) is 5.10 Å². The molecule has 0 spiro atoms. The fourth-order valence-corrected chi connectivity index (χ4v) is 3.53. The second kappa shape index (κ2) is 7.53. The van der Waals surface area contributed by atoms with Crippen molar-refractivity contribution >= 4 is 5.91 Å². The number of hydrogen-bond donors (Lipinski definition) is 1. The average Bonchev–Trinajstić information content (AvgIpc) is 2.96. The van der Waals surface area contributed by atoms with Gasteiger partial charge in [-0.25, -0.2) is 8.78 Å². The summed E-state index contributed by atoms with van der Waals surface area (Å²) in [6.07, 6.45) is 0.716. The number of piperazine rings is 1. The van der Waals surface area contributed by atoms with Crippen LogP contribution in [-0.4, -0.2) is 52.1 Å². The normalized spacial score (nSPS) is 16.7. The van der Waals surface area contributed by atoms with Crippen LogP contribution in [0.25, 0.3) is 0 Å². The molecule has 1 fully saturated rings. The lowest BCUT2D eigenvalue weighted by Gasteiger charge is -2.39. The molecule has 1 aliphatic rings. The van der Waals surface area contributed by atoms with Crippen molar-refractivity contribution in [3.05, 3.63) is 52.3 Å². The van der Waals surface area contributed by atoms with Crippen molar-refractivity contribution in [2.75, 3.05) is 26.2 Å². The number of nitrogens with zero attached hydrogens (tertiary/aromatic N) is 3. The number of amides is 1. The molecule has 5 nitrogen and oxygen atoms in total. The molecule has 1 atom stereocenters. The van der Waals surface area contributed by atoms with Gasteiger partial charge in [0.15, 0.2) is 5.69 Å². The Balaban J connectivity index is 1.69. The molecule has 7 heteroatoms. The molecule has 1 saturated heterocycles. The topological polar surface area (TPSA) is 52.2 Å². The van der Waals surface area contributed by atoms with Crippen molar-refractivity contribution in [1.29, 1.82) is 0 Å². The third-order valence-corrected chi connectivity index (χ3v) is 5.21. The highest BCUT2D eigenvalue weighted by atomic mass is 19.1. The van der Waals surface area contributed by atoms with Gasteiger partial charge < -0.3 is 4.90 Å². The van der Waals surface area contributed by atoms with Gasteiger partial charge in [0, 0.05) is 55.1 Å². The lowest BCUT2D eigenvalue weighted by Crippen LogP contribution is -2.49. The van der Waals surface area contributed by atoms with Gasteiger partial charge in [-0.05, 0) is 26.3 Å². The zero-order valence-electron chi connectivity index (χ0n) is 15.4. The third kappa shape index (κ3) is 3.49. The predicted molar refractivity (Wildman–Crippen MR) is 94.9 cm³/mol. The molecular formula is C19H24F2N4O. The number of benzene rings is 1. The molecule has 0 aliphatic carbocycles. The maximum absolute atomic E-state index is 14.2. The van der Waals surface area contributed by atoms with E-state index in [1.807, 2.05) is 20.8 Å². The van der Waals surface area contributed by atoms with Crippen LogP contribution in [0.2, 0.25) is 0 Å². The van der Waals surface area contributed by atoms with E-state index in [0.29, 0.717) is 43.9 Å². The van der Waals surface area contributed by atoms with Gasteiger partial charge in [0.05, 0.1) is 0 Å². The SMILES string of the molecule is CCC(c1ccc(F)cc1F)N1CCN(C(=O)c2n[nH]c(C)c2C)CC1. The Bertz CT molecular complexity index is 797. The minimum absolute atomic E-state index is 0.0764. The summed E-state index contributed by atoms with van der Waals surface area (Å²) in [4.78, 5) is 16.6. The van der Waals surface area contributed by atoms with Crippen molar-refractivity contribution in [3.63, 3.8) is 0 Å². The van der Waals surface area contributed by atoms with Crippen molar-refractivity contribution in [3.8, 4) is 0 Å². The molecule has 0 saturated carbocycles. The molecule has 1 N–H and O–H groups in total. The summed E-state index contributed by atoms with van der Waals surface area (Å²) in [6.45, 7) is 8.16. The van der Waals surface area contributed by atoms with Crippen LogP contribution < -0.4 is 0 Å². The molecule has 1 unspecified atom stereocenters. The maximum Gasteiger partial charge on any atom is 0.274 e. The van der Waals surface area contributed by atoms with E-state index in [-0.39, 0.29) is 11.9 Å². The number of aryl methyl sites for hydroxylation is 1. The maximum atomic E-state index is 14.2. The van der Waals surface area contributed by atoms with E-state index in [2.05, 4.69) is 15.1 Å². The molecule has 1 amide bonds. The van der Waals surface area contributed by atoms with Crippen molar-refractivity contribution in [1.82, 2.24) is 20.0 Å². The standard InChI is InChI=1S/C19H24F2N4O/c1-4-17(15-6-5-14(20)11-16(15)21)24-7-9-25(10-8-24)19(26)18-12(2)13(3)22-23-18/h5-6,11,17H,4,7-10H2,1-3H3,(H,22,23). The second-order valence-corrected chi connectivity index (χ2v) is 6.74. The third-order valence-electron chi connectivity index (χ3n) is 5.21. The number of carbonyl (C=O) groups is 1. The van der Waals surface area contributed by atoms with E-state index in [4.69, 9.17) is 0 Å². The zero-order valence-corrected chi connectivity index (χ0v) is 15.4. The molecular weight excluding hydrogens is 338 g/mol. The second-order valence-electron chi connectivity index (χ2n) is 6.74. The Morgan fingerprint density at radius 2 is 1.92 bits per heavy atom. The first-order valence-electron chi connectivity index (χ1n) is 8.92. The van der Waals surface area contributed by atoms with Gasteiger partial charge in [0.25, 0.3) is 5.91 Å². The zero-order chi connectivity index (χ0) is 18.8. The van der Waals surface area contributed by atoms with Gasteiger partial charge in [0.2, 0.25) is 0 Å². The number of aromatic amines is 1. The van der Waals surface area contributed by atoms with Crippen LogP contribution in [-0.2, 0) is 0 Å². The van der Waals surface area contributed by atoms with E-state index < -0.39 is 11.6 Å². The minimum Gasteiger partial charge on any atom is -0.335 e. The van der Waals surface area contributed by atoms with Crippen molar-refractivity contribution in [2.45, 2.75) is 33.2 Å². The fraction of sp³-hybridized carbons (Fsp3) is 0.474. The lowest BCUT2D eigenvalue weighted by molar-refractivity contribution is 0.0553.